The first-order valence-corrected chi connectivity index (χ1v) is 9.08. The summed E-state index contributed by atoms with van der Waals surface area (Å²) in [5.74, 6) is -0.0846. The number of aromatic nitrogens is 3. The van der Waals surface area contributed by atoms with Crippen molar-refractivity contribution in [3.63, 3.8) is 0 Å². The Morgan fingerprint density at radius 3 is 2.63 bits per heavy atom. The molecule has 0 unspecified atom stereocenters. The number of amides is 1. The molecule has 5 nitrogen and oxygen atoms in total. The van der Waals surface area contributed by atoms with Gasteiger partial charge in [-0.2, -0.15) is 0 Å². The molecule has 0 fully saturated rings. The molecule has 0 bridgehead atoms. The molecule has 4 aromatic rings. The second-order valence-corrected chi connectivity index (χ2v) is 6.92. The van der Waals surface area contributed by atoms with E-state index in [9.17, 15) is 4.79 Å². The summed E-state index contributed by atoms with van der Waals surface area (Å²) in [6.07, 6.45) is 11.1. The van der Waals surface area contributed by atoms with Crippen molar-refractivity contribution >= 4 is 11.4 Å². The van der Waals surface area contributed by atoms with E-state index in [-0.39, 0.29) is 11.9 Å². The van der Waals surface area contributed by atoms with Crippen LogP contribution in [0.4, 0.5) is 0 Å². The Kier molecular flexibility index (Phi) is 3.71. The maximum Gasteiger partial charge on any atom is 0.257 e. The van der Waals surface area contributed by atoms with Crippen molar-refractivity contribution in [2.24, 2.45) is 0 Å². The summed E-state index contributed by atoms with van der Waals surface area (Å²) >= 11 is 0. The predicted molar refractivity (Wildman–Crippen MR) is 102 cm³/mol. The Bertz CT molecular complexity index is 1090. The van der Waals surface area contributed by atoms with Gasteiger partial charge in [-0.15, -0.1) is 0 Å². The molecule has 0 saturated carbocycles. The molecule has 1 amide bonds. The highest BCUT2D eigenvalue weighted by atomic mass is 16.1. The molecule has 0 atom stereocenters. The minimum atomic E-state index is -0.0846. The molecule has 0 spiro atoms. The number of rotatable bonds is 3. The predicted octanol–water partition coefficient (Wildman–Crippen LogP) is 2.51. The Labute approximate surface area is 156 Å². The summed E-state index contributed by atoms with van der Waals surface area (Å²) < 4.78 is 3.99. The zero-order chi connectivity index (χ0) is 18.2. The standard InChI is InChI=1S/C22H18N4O/c27-22(24-18-11-16-5-1-2-6-17(16)12-18)20-13-23-9-8-21(20)26-14-19-7-3-4-10-25(19)15-26/h1-10,13-15,18H,11-12H2/p+1. The average Bonchev–Trinajstić information content (AvgIpc) is 3.31. The Balaban J connectivity index is 1.43. The van der Waals surface area contributed by atoms with Gasteiger partial charge in [-0.3, -0.25) is 9.78 Å². The summed E-state index contributed by atoms with van der Waals surface area (Å²) in [6.45, 7) is 0. The van der Waals surface area contributed by atoms with Gasteiger partial charge in [0.2, 0.25) is 0 Å². The van der Waals surface area contributed by atoms with Gasteiger partial charge in [-0.05, 0) is 36.1 Å². The van der Waals surface area contributed by atoms with E-state index in [2.05, 4.69) is 34.6 Å². The van der Waals surface area contributed by atoms with Crippen molar-refractivity contribution in [3.05, 3.63) is 96.3 Å². The first-order chi connectivity index (χ1) is 13.3. The fourth-order valence-corrected chi connectivity index (χ4v) is 3.84. The first kappa shape index (κ1) is 15.8. The molecule has 1 N–H and O–H groups in total. The van der Waals surface area contributed by atoms with Crippen molar-refractivity contribution in [3.8, 4) is 5.69 Å². The molecule has 0 saturated heterocycles. The van der Waals surface area contributed by atoms with Gasteiger partial charge in [0, 0.05) is 24.5 Å². The molecule has 0 aliphatic heterocycles. The van der Waals surface area contributed by atoms with Crippen molar-refractivity contribution in [2.75, 3.05) is 0 Å². The lowest BCUT2D eigenvalue weighted by Crippen LogP contribution is -2.38. The van der Waals surface area contributed by atoms with Crippen LogP contribution in [0.25, 0.3) is 11.2 Å². The van der Waals surface area contributed by atoms with Gasteiger partial charge >= 0.3 is 0 Å². The van der Waals surface area contributed by atoms with Crippen LogP contribution in [0.5, 0.6) is 0 Å². The van der Waals surface area contributed by atoms with Gasteiger partial charge in [0.25, 0.3) is 12.2 Å². The van der Waals surface area contributed by atoms with Crippen LogP contribution < -0.4 is 9.88 Å². The summed E-state index contributed by atoms with van der Waals surface area (Å²) in [7, 11) is 0. The number of pyridine rings is 2. The van der Waals surface area contributed by atoms with Crippen LogP contribution in [-0.4, -0.2) is 21.3 Å². The number of carbonyl (C=O) groups is 1. The molecular formula is C22H19N4O+. The number of fused-ring (bicyclic) bond motifs is 2. The maximum absolute atomic E-state index is 13.0. The first-order valence-electron chi connectivity index (χ1n) is 9.08. The maximum atomic E-state index is 13.0. The second-order valence-electron chi connectivity index (χ2n) is 6.92. The van der Waals surface area contributed by atoms with Gasteiger partial charge in [0.15, 0.2) is 5.52 Å². The van der Waals surface area contributed by atoms with Gasteiger partial charge in [0.05, 0.1) is 6.20 Å². The van der Waals surface area contributed by atoms with Crippen LogP contribution >= 0.6 is 0 Å². The third-order valence-electron chi connectivity index (χ3n) is 5.15. The van der Waals surface area contributed by atoms with E-state index in [4.69, 9.17) is 0 Å². The number of nitrogens with one attached hydrogen (secondary N) is 1. The van der Waals surface area contributed by atoms with Crippen molar-refractivity contribution in [1.82, 2.24) is 14.7 Å². The minimum absolute atomic E-state index is 0.0846. The fourth-order valence-electron chi connectivity index (χ4n) is 3.84. The molecule has 5 rings (SSSR count). The molecule has 132 valence electrons. The highest BCUT2D eigenvalue weighted by Crippen LogP contribution is 2.22. The van der Waals surface area contributed by atoms with Gasteiger partial charge in [-0.25, -0.2) is 8.97 Å². The highest BCUT2D eigenvalue weighted by molar-refractivity contribution is 5.96. The van der Waals surface area contributed by atoms with E-state index in [1.54, 1.807) is 12.4 Å². The van der Waals surface area contributed by atoms with Crippen molar-refractivity contribution < 1.29 is 9.36 Å². The van der Waals surface area contributed by atoms with Gasteiger partial charge in [-0.1, -0.05) is 30.3 Å². The van der Waals surface area contributed by atoms with Crippen LogP contribution in [0, 0.1) is 0 Å². The summed E-state index contributed by atoms with van der Waals surface area (Å²) in [6, 6.07) is 16.4. The number of benzene rings is 1. The molecule has 0 radical (unpaired) electrons. The topological polar surface area (TPSA) is 50.3 Å². The molecule has 5 heteroatoms. The summed E-state index contributed by atoms with van der Waals surface area (Å²) in [5, 5.41) is 3.19. The fraction of sp³-hybridized carbons (Fsp3) is 0.136. The SMILES string of the molecule is O=C(NC1Cc2ccccc2C1)c1cnccc1-[n+]1cc2ccccn2c1. The molecular weight excluding hydrogens is 336 g/mol. The Morgan fingerprint density at radius 2 is 1.85 bits per heavy atom. The molecule has 3 aromatic heterocycles. The van der Waals surface area contributed by atoms with Gasteiger partial charge < -0.3 is 5.32 Å². The van der Waals surface area contributed by atoms with Crippen LogP contribution in [0.2, 0.25) is 0 Å². The van der Waals surface area contributed by atoms with E-state index in [1.807, 2.05) is 52.0 Å². The summed E-state index contributed by atoms with van der Waals surface area (Å²) in [5.41, 5.74) is 5.10. The lowest BCUT2D eigenvalue weighted by molar-refractivity contribution is -0.594. The smallest absolute Gasteiger partial charge is 0.257 e. The molecule has 27 heavy (non-hydrogen) atoms. The lowest BCUT2D eigenvalue weighted by Gasteiger charge is -2.13. The third-order valence-corrected chi connectivity index (χ3v) is 5.15. The summed E-state index contributed by atoms with van der Waals surface area (Å²) in [4.78, 5) is 17.2. The Hall–Kier alpha value is -3.47. The third kappa shape index (κ3) is 2.87. The van der Waals surface area contributed by atoms with Gasteiger partial charge in [0.1, 0.15) is 17.4 Å². The van der Waals surface area contributed by atoms with E-state index in [0.29, 0.717) is 5.56 Å². The number of imidazole rings is 1. The Morgan fingerprint density at radius 1 is 1.07 bits per heavy atom. The molecule has 1 aliphatic rings. The largest absolute Gasteiger partial charge is 0.348 e. The molecule has 1 aromatic carbocycles. The minimum Gasteiger partial charge on any atom is -0.348 e. The van der Waals surface area contributed by atoms with E-state index in [1.165, 1.54) is 11.1 Å². The van der Waals surface area contributed by atoms with Crippen LogP contribution in [-0.2, 0) is 12.8 Å². The van der Waals surface area contributed by atoms with Crippen molar-refractivity contribution in [2.45, 2.75) is 18.9 Å². The molecule has 1 aliphatic carbocycles. The quantitative estimate of drug-likeness (QED) is 0.574. The number of hydrogen-bond acceptors (Lipinski definition) is 2. The second kappa shape index (κ2) is 6.36. The monoisotopic (exact) mass is 355 g/mol. The number of carbonyl (C=O) groups excluding carboxylic acids is 1. The van der Waals surface area contributed by atoms with Crippen LogP contribution in [0.1, 0.15) is 21.5 Å². The number of nitrogens with zero attached hydrogens (tertiary/aromatic N) is 3. The van der Waals surface area contributed by atoms with Crippen molar-refractivity contribution in [1.29, 1.82) is 0 Å². The van der Waals surface area contributed by atoms with E-state index >= 15 is 0 Å². The molecule has 3 heterocycles. The normalized spacial score (nSPS) is 13.6. The van der Waals surface area contributed by atoms with Crippen LogP contribution in [0.3, 0.4) is 0 Å². The zero-order valence-electron chi connectivity index (χ0n) is 14.7. The van der Waals surface area contributed by atoms with E-state index in [0.717, 1.165) is 24.0 Å². The van der Waals surface area contributed by atoms with Crippen LogP contribution in [0.15, 0.2) is 79.6 Å². The average molecular weight is 355 g/mol. The number of hydrogen-bond donors (Lipinski definition) is 1. The van der Waals surface area contributed by atoms with E-state index < -0.39 is 0 Å². The highest BCUT2D eigenvalue weighted by Gasteiger charge is 2.25. The lowest BCUT2D eigenvalue weighted by atomic mass is 10.1. The zero-order valence-corrected chi connectivity index (χ0v) is 14.7.